The minimum atomic E-state index is -1.37. The Kier molecular flexibility index (Phi) is 9.32. The maximum absolute atomic E-state index is 12.0. The summed E-state index contributed by atoms with van der Waals surface area (Å²) >= 11 is 1.13. The van der Waals surface area contributed by atoms with Crippen molar-refractivity contribution in [2.45, 2.75) is 35.8 Å². The highest BCUT2D eigenvalue weighted by Gasteiger charge is 2.45. The van der Waals surface area contributed by atoms with E-state index >= 15 is 0 Å². The molecule has 1 aromatic carbocycles. The average molecular weight is 552 g/mol. The molecule has 1 aliphatic heterocycles. The molecule has 206 valence electrons. The number of methoxy groups -OCH3 is 1. The van der Waals surface area contributed by atoms with Crippen molar-refractivity contribution in [1.29, 1.82) is 0 Å². The first-order chi connectivity index (χ1) is 18.3. The largest absolute Gasteiger partial charge is 0.491 e. The van der Waals surface area contributed by atoms with E-state index < -0.39 is 43.2 Å². The molecule has 3 aromatic rings. The predicted molar refractivity (Wildman–Crippen MR) is 134 cm³/mol. The van der Waals surface area contributed by atoms with Gasteiger partial charge in [-0.05, 0) is 24.3 Å². The van der Waals surface area contributed by atoms with Crippen LogP contribution < -0.4 is 10.5 Å². The van der Waals surface area contributed by atoms with Crippen molar-refractivity contribution in [2.75, 3.05) is 45.0 Å². The quantitative estimate of drug-likeness (QED) is 0.108. The van der Waals surface area contributed by atoms with Crippen LogP contribution in [0.15, 0.2) is 35.7 Å². The second kappa shape index (κ2) is 12.7. The molecule has 5 atom stereocenters. The first-order valence-corrected chi connectivity index (χ1v) is 12.6. The fraction of sp³-hybridized carbons (Fsp3) is 0.478. The summed E-state index contributed by atoms with van der Waals surface area (Å²) in [5.74, 6) is 0.212. The van der Waals surface area contributed by atoms with Crippen LogP contribution in [0.5, 0.6) is 5.75 Å². The number of thioether (sulfide) groups is 1. The summed E-state index contributed by atoms with van der Waals surface area (Å²) in [7, 11) is 1.51. The Morgan fingerprint density at radius 2 is 1.97 bits per heavy atom. The number of carbonyl (C=O) groups excluding carboxylic acids is 1. The zero-order valence-electron chi connectivity index (χ0n) is 20.4. The number of fused-ring (bicyclic) bond motifs is 1. The van der Waals surface area contributed by atoms with Gasteiger partial charge in [-0.2, -0.15) is 0 Å². The Balaban J connectivity index is 1.39. The van der Waals surface area contributed by atoms with Crippen LogP contribution >= 0.6 is 11.8 Å². The standard InChI is InChI=1S/C23H29N5O9S/c1-34-6-7-35-22(33)12-2-4-14(5-3-12)36-9-13(30)10-38-23-27-16-19(24)25-11-26-20(16)28(23)21-18(32)17(31)15(8-29)37-21/h2-5,11,13,15,17-18,21,29-32H,6-10H2,1H3,(H2,24,25,26)/t13?,15-,17-,18-,21-/m1/s1. The highest BCUT2D eigenvalue weighted by atomic mass is 32.2. The molecule has 0 amide bonds. The number of rotatable bonds is 12. The van der Waals surface area contributed by atoms with Crippen molar-refractivity contribution in [3.8, 4) is 5.75 Å². The number of nitrogens with zero attached hydrogens (tertiary/aromatic N) is 4. The molecule has 1 aliphatic rings. The van der Waals surface area contributed by atoms with Crippen LogP contribution in [0.1, 0.15) is 16.6 Å². The number of ether oxygens (including phenoxy) is 4. The fourth-order valence-electron chi connectivity index (χ4n) is 3.73. The minimum Gasteiger partial charge on any atom is -0.491 e. The molecule has 3 heterocycles. The molecule has 1 fully saturated rings. The summed E-state index contributed by atoms with van der Waals surface area (Å²) in [6.45, 7) is -0.0915. The Hall–Kier alpha value is -3.05. The number of nitrogen functional groups attached to an aromatic ring is 1. The van der Waals surface area contributed by atoms with E-state index in [0.29, 0.717) is 23.1 Å². The van der Waals surface area contributed by atoms with E-state index in [0.717, 1.165) is 11.8 Å². The fourth-order valence-corrected chi connectivity index (χ4v) is 4.65. The van der Waals surface area contributed by atoms with Crippen LogP contribution in [-0.4, -0.2) is 110 Å². The maximum atomic E-state index is 12.0. The van der Waals surface area contributed by atoms with Gasteiger partial charge in [-0.25, -0.2) is 19.7 Å². The van der Waals surface area contributed by atoms with E-state index in [9.17, 15) is 25.2 Å². The highest BCUT2D eigenvalue weighted by molar-refractivity contribution is 7.99. The summed E-state index contributed by atoms with van der Waals surface area (Å²) in [6, 6.07) is 6.30. The Labute approximate surface area is 221 Å². The molecule has 4 rings (SSSR count). The number of hydrogen-bond acceptors (Lipinski definition) is 14. The van der Waals surface area contributed by atoms with Crippen LogP contribution in [0.25, 0.3) is 11.2 Å². The summed E-state index contributed by atoms with van der Waals surface area (Å²) < 4.78 is 22.7. The first kappa shape index (κ1) is 28.0. The van der Waals surface area contributed by atoms with Gasteiger partial charge in [-0.3, -0.25) is 4.57 Å². The van der Waals surface area contributed by atoms with E-state index in [1.165, 1.54) is 18.0 Å². The van der Waals surface area contributed by atoms with Gasteiger partial charge in [0, 0.05) is 12.9 Å². The summed E-state index contributed by atoms with van der Waals surface area (Å²) in [6.07, 6.45) is -4.48. The number of nitrogens with two attached hydrogens (primary N) is 1. The molecule has 1 saturated heterocycles. The number of esters is 1. The van der Waals surface area contributed by atoms with Gasteiger partial charge < -0.3 is 45.1 Å². The van der Waals surface area contributed by atoms with Crippen molar-refractivity contribution in [2.24, 2.45) is 0 Å². The molecule has 0 aliphatic carbocycles. The number of hydrogen-bond donors (Lipinski definition) is 5. The Morgan fingerprint density at radius 1 is 1.21 bits per heavy atom. The van der Waals surface area contributed by atoms with E-state index in [1.54, 1.807) is 24.3 Å². The van der Waals surface area contributed by atoms with E-state index in [2.05, 4.69) is 15.0 Å². The van der Waals surface area contributed by atoms with Crippen LogP contribution in [0.4, 0.5) is 5.82 Å². The Bertz CT molecular complexity index is 1230. The van der Waals surface area contributed by atoms with Crippen LogP contribution in [0, 0.1) is 0 Å². The molecular formula is C23H29N5O9S. The van der Waals surface area contributed by atoms with Crippen molar-refractivity contribution < 1.29 is 44.2 Å². The lowest BCUT2D eigenvalue weighted by Crippen LogP contribution is -2.33. The highest BCUT2D eigenvalue weighted by Crippen LogP contribution is 2.36. The van der Waals surface area contributed by atoms with Gasteiger partial charge in [0.25, 0.3) is 0 Å². The van der Waals surface area contributed by atoms with Gasteiger partial charge in [-0.15, -0.1) is 0 Å². The van der Waals surface area contributed by atoms with Crippen molar-refractivity contribution in [3.63, 3.8) is 0 Å². The van der Waals surface area contributed by atoms with Gasteiger partial charge in [-0.1, -0.05) is 11.8 Å². The van der Waals surface area contributed by atoms with Crippen LogP contribution in [0.3, 0.4) is 0 Å². The lowest BCUT2D eigenvalue weighted by Gasteiger charge is -2.19. The van der Waals surface area contributed by atoms with Crippen LogP contribution in [0.2, 0.25) is 0 Å². The lowest BCUT2D eigenvalue weighted by molar-refractivity contribution is -0.0548. The second-order valence-electron chi connectivity index (χ2n) is 8.35. The molecule has 0 radical (unpaired) electrons. The van der Waals surface area contributed by atoms with Gasteiger partial charge >= 0.3 is 5.97 Å². The predicted octanol–water partition coefficient (Wildman–Crippen LogP) is -0.645. The average Bonchev–Trinajstić information content (AvgIpc) is 3.43. The zero-order valence-corrected chi connectivity index (χ0v) is 21.2. The third-order valence-corrected chi connectivity index (χ3v) is 6.80. The number of imidazole rings is 1. The summed E-state index contributed by atoms with van der Waals surface area (Å²) in [5, 5.41) is 41.1. The number of aliphatic hydroxyl groups is 4. The van der Waals surface area contributed by atoms with Crippen molar-refractivity contribution >= 4 is 34.7 Å². The number of aliphatic hydroxyl groups excluding tert-OH is 4. The zero-order chi connectivity index (χ0) is 27.2. The second-order valence-corrected chi connectivity index (χ2v) is 9.34. The molecule has 2 aromatic heterocycles. The van der Waals surface area contributed by atoms with Crippen molar-refractivity contribution in [1.82, 2.24) is 19.5 Å². The smallest absolute Gasteiger partial charge is 0.338 e. The first-order valence-electron chi connectivity index (χ1n) is 11.6. The molecule has 38 heavy (non-hydrogen) atoms. The van der Waals surface area contributed by atoms with E-state index in [4.69, 9.17) is 24.7 Å². The molecule has 0 bridgehead atoms. The van der Waals surface area contributed by atoms with Gasteiger partial charge in [0.15, 0.2) is 28.4 Å². The summed E-state index contributed by atoms with van der Waals surface area (Å²) in [5.41, 5.74) is 6.83. The molecule has 6 N–H and O–H groups in total. The molecule has 0 saturated carbocycles. The number of anilines is 1. The topological polar surface area (TPSA) is 205 Å². The SMILES string of the molecule is COCCOC(=O)c1ccc(OCC(O)CSc2nc3c(N)ncnc3n2[C@@H]2O[C@H](CO)[C@@H](O)[C@H]2O)cc1. The molecular weight excluding hydrogens is 522 g/mol. The third-order valence-electron chi connectivity index (χ3n) is 5.70. The summed E-state index contributed by atoms with van der Waals surface area (Å²) in [4.78, 5) is 24.5. The van der Waals surface area contributed by atoms with E-state index in [-0.39, 0.29) is 35.9 Å². The van der Waals surface area contributed by atoms with Gasteiger partial charge in [0.2, 0.25) is 0 Å². The van der Waals surface area contributed by atoms with Crippen molar-refractivity contribution in [3.05, 3.63) is 36.2 Å². The van der Waals surface area contributed by atoms with Gasteiger partial charge in [0.1, 0.15) is 43.6 Å². The van der Waals surface area contributed by atoms with E-state index in [1.807, 2.05) is 0 Å². The van der Waals surface area contributed by atoms with Crippen LogP contribution in [-0.2, 0) is 14.2 Å². The molecule has 15 heteroatoms. The minimum absolute atomic E-state index is 0.0549. The number of aromatic nitrogens is 4. The molecule has 1 unspecified atom stereocenters. The Morgan fingerprint density at radius 3 is 2.66 bits per heavy atom. The lowest BCUT2D eigenvalue weighted by atomic mass is 10.1. The third kappa shape index (κ3) is 6.15. The number of benzene rings is 1. The monoisotopic (exact) mass is 551 g/mol. The maximum Gasteiger partial charge on any atom is 0.338 e. The normalized spacial score (nSPS) is 22.0. The number of carbonyl (C=O) groups is 1. The molecule has 14 nitrogen and oxygen atoms in total. The van der Waals surface area contributed by atoms with Gasteiger partial charge in [0.05, 0.1) is 24.9 Å². The molecule has 0 spiro atoms.